The van der Waals surface area contributed by atoms with E-state index < -0.39 is 36.6 Å². The van der Waals surface area contributed by atoms with E-state index in [4.69, 9.17) is 11.5 Å². The standard InChI is InChI=1S/C13H13BrFN3O3/c14-9-2-3-10(15)8(5-9)1-4-13(21)18(6-11(16)19)7-12(17)20/h1-5H,6-7H2,(H2,16,19)(H2,17,20)/b4-1+. The van der Waals surface area contributed by atoms with Crippen molar-refractivity contribution in [1.29, 1.82) is 0 Å². The number of benzene rings is 1. The van der Waals surface area contributed by atoms with Crippen molar-refractivity contribution in [1.82, 2.24) is 4.90 Å². The van der Waals surface area contributed by atoms with Gasteiger partial charge in [-0.3, -0.25) is 14.4 Å². The zero-order chi connectivity index (χ0) is 16.0. The Kier molecular flexibility index (Phi) is 6.04. The fourth-order valence-corrected chi connectivity index (χ4v) is 1.88. The zero-order valence-electron chi connectivity index (χ0n) is 10.9. The molecule has 21 heavy (non-hydrogen) atoms. The predicted molar refractivity (Wildman–Crippen MR) is 78.1 cm³/mol. The zero-order valence-corrected chi connectivity index (χ0v) is 12.5. The quantitative estimate of drug-likeness (QED) is 0.719. The first-order valence-electron chi connectivity index (χ1n) is 5.78. The number of halogens is 2. The summed E-state index contributed by atoms with van der Waals surface area (Å²) in [6.07, 6.45) is 2.27. The van der Waals surface area contributed by atoms with Gasteiger partial charge in [0.15, 0.2) is 0 Å². The highest BCUT2D eigenvalue weighted by Gasteiger charge is 2.15. The third-order valence-corrected chi connectivity index (χ3v) is 2.86. The van der Waals surface area contributed by atoms with Crippen molar-refractivity contribution >= 4 is 39.7 Å². The fourth-order valence-electron chi connectivity index (χ4n) is 1.50. The van der Waals surface area contributed by atoms with Crippen LogP contribution in [0.1, 0.15) is 5.56 Å². The SMILES string of the molecule is NC(=O)CN(CC(N)=O)C(=O)/C=C/c1cc(Br)ccc1F. The third-order valence-electron chi connectivity index (χ3n) is 2.37. The summed E-state index contributed by atoms with van der Waals surface area (Å²) >= 11 is 3.18. The molecule has 0 bridgehead atoms. The fraction of sp³-hybridized carbons (Fsp3) is 0.154. The van der Waals surface area contributed by atoms with Crippen molar-refractivity contribution in [3.8, 4) is 0 Å². The summed E-state index contributed by atoms with van der Waals surface area (Å²) in [7, 11) is 0. The Bertz CT molecular complexity index is 588. The van der Waals surface area contributed by atoms with Crippen LogP contribution in [0.15, 0.2) is 28.7 Å². The number of carbonyl (C=O) groups excluding carboxylic acids is 3. The molecule has 0 saturated heterocycles. The molecular weight excluding hydrogens is 345 g/mol. The van der Waals surface area contributed by atoms with Crippen LogP contribution in [0, 0.1) is 5.82 Å². The number of hydrogen-bond donors (Lipinski definition) is 2. The van der Waals surface area contributed by atoms with Gasteiger partial charge in [-0.1, -0.05) is 15.9 Å². The number of carbonyl (C=O) groups is 3. The van der Waals surface area contributed by atoms with Crippen LogP contribution in [0.3, 0.4) is 0 Å². The molecule has 0 atom stereocenters. The Morgan fingerprint density at radius 3 is 2.29 bits per heavy atom. The van der Waals surface area contributed by atoms with Gasteiger partial charge in [-0.05, 0) is 24.3 Å². The molecule has 0 aliphatic rings. The first kappa shape index (κ1) is 16.8. The summed E-state index contributed by atoms with van der Waals surface area (Å²) in [5, 5.41) is 0. The maximum atomic E-state index is 13.5. The van der Waals surface area contributed by atoms with Crippen LogP contribution >= 0.6 is 15.9 Å². The molecule has 0 fully saturated rings. The van der Waals surface area contributed by atoms with E-state index in [9.17, 15) is 18.8 Å². The number of nitrogens with zero attached hydrogens (tertiary/aromatic N) is 1. The predicted octanol–water partition coefficient (Wildman–Crippen LogP) is 0.401. The van der Waals surface area contributed by atoms with Crippen molar-refractivity contribution in [3.05, 3.63) is 40.1 Å². The van der Waals surface area contributed by atoms with Crippen molar-refractivity contribution < 1.29 is 18.8 Å². The average Bonchev–Trinajstić information content (AvgIpc) is 2.37. The van der Waals surface area contributed by atoms with E-state index in [2.05, 4.69) is 15.9 Å². The van der Waals surface area contributed by atoms with Gasteiger partial charge >= 0.3 is 0 Å². The van der Waals surface area contributed by atoms with Crippen molar-refractivity contribution in [3.63, 3.8) is 0 Å². The van der Waals surface area contributed by atoms with E-state index >= 15 is 0 Å². The van der Waals surface area contributed by atoms with Gasteiger partial charge in [-0.15, -0.1) is 0 Å². The van der Waals surface area contributed by atoms with Gasteiger partial charge in [0.1, 0.15) is 18.9 Å². The summed E-state index contributed by atoms with van der Waals surface area (Å²) in [5.74, 6) is -2.76. The summed E-state index contributed by atoms with van der Waals surface area (Å²) in [4.78, 5) is 34.5. The van der Waals surface area contributed by atoms with Gasteiger partial charge < -0.3 is 16.4 Å². The van der Waals surface area contributed by atoms with E-state index in [0.29, 0.717) is 4.47 Å². The van der Waals surface area contributed by atoms with Crippen LogP contribution in [0.2, 0.25) is 0 Å². The number of amides is 3. The van der Waals surface area contributed by atoms with Crippen LogP contribution in [0.25, 0.3) is 6.08 Å². The Morgan fingerprint density at radius 2 is 1.76 bits per heavy atom. The number of primary amides is 2. The molecule has 4 N–H and O–H groups in total. The van der Waals surface area contributed by atoms with Gasteiger partial charge in [-0.25, -0.2) is 4.39 Å². The van der Waals surface area contributed by atoms with Crippen LogP contribution < -0.4 is 11.5 Å². The number of nitrogens with two attached hydrogens (primary N) is 2. The molecule has 0 spiro atoms. The monoisotopic (exact) mass is 357 g/mol. The molecule has 112 valence electrons. The number of rotatable bonds is 6. The van der Waals surface area contributed by atoms with Crippen LogP contribution in [0.5, 0.6) is 0 Å². The van der Waals surface area contributed by atoms with Crippen molar-refractivity contribution in [2.75, 3.05) is 13.1 Å². The Hall–Kier alpha value is -2.22. The molecular formula is C13H13BrFN3O3. The van der Waals surface area contributed by atoms with E-state index in [1.54, 1.807) is 0 Å². The minimum Gasteiger partial charge on any atom is -0.368 e. The Balaban J connectivity index is 2.89. The minimum absolute atomic E-state index is 0.177. The van der Waals surface area contributed by atoms with Gasteiger partial charge in [0, 0.05) is 16.1 Å². The van der Waals surface area contributed by atoms with Crippen molar-refractivity contribution in [2.45, 2.75) is 0 Å². The summed E-state index contributed by atoms with van der Waals surface area (Å²) < 4.78 is 14.1. The normalized spacial score (nSPS) is 10.6. The lowest BCUT2D eigenvalue weighted by Gasteiger charge is -2.17. The molecule has 0 unspecified atom stereocenters. The molecule has 1 aromatic rings. The second kappa shape index (κ2) is 7.53. The van der Waals surface area contributed by atoms with Crippen LogP contribution in [0.4, 0.5) is 4.39 Å². The molecule has 0 radical (unpaired) electrons. The highest BCUT2D eigenvalue weighted by molar-refractivity contribution is 9.10. The Morgan fingerprint density at radius 1 is 1.19 bits per heavy atom. The average molecular weight is 358 g/mol. The van der Waals surface area contributed by atoms with Crippen LogP contribution in [-0.2, 0) is 14.4 Å². The molecule has 8 heteroatoms. The molecule has 0 saturated carbocycles. The lowest BCUT2D eigenvalue weighted by Crippen LogP contribution is -2.42. The number of hydrogen-bond acceptors (Lipinski definition) is 3. The topological polar surface area (TPSA) is 106 Å². The second-order valence-corrected chi connectivity index (χ2v) is 5.04. The molecule has 0 aliphatic carbocycles. The third kappa shape index (κ3) is 5.74. The second-order valence-electron chi connectivity index (χ2n) is 4.13. The first-order chi connectivity index (χ1) is 9.79. The molecule has 1 rings (SSSR count). The largest absolute Gasteiger partial charge is 0.368 e. The maximum Gasteiger partial charge on any atom is 0.247 e. The summed E-state index contributed by atoms with van der Waals surface area (Å²) in [6.45, 7) is -0.903. The Labute approximate surface area is 128 Å². The van der Waals surface area contributed by atoms with E-state index in [1.807, 2.05) is 0 Å². The summed E-state index contributed by atoms with van der Waals surface area (Å²) in [6, 6.07) is 4.23. The van der Waals surface area contributed by atoms with E-state index in [0.717, 1.165) is 11.0 Å². The lowest BCUT2D eigenvalue weighted by atomic mass is 10.2. The minimum atomic E-state index is -0.786. The van der Waals surface area contributed by atoms with E-state index in [-0.39, 0.29) is 5.56 Å². The van der Waals surface area contributed by atoms with Gasteiger partial charge in [-0.2, -0.15) is 0 Å². The summed E-state index contributed by atoms with van der Waals surface area (Å²) in [5.41, 5.74) is 10.1. The molecule has 3 amide bonds. The molecule has 0 aromatic heterocycles. The molecule has 1 aromatic carbocycles. The maximum absolute atomic E-state index is 13.5. The van der Waals surface area contributed by atoms with E-state index in [1.165, 1.54) is 24.3 Å². The molecule has 0 aliphatic heterocycles. The van der Waals surface area contributed by atoms with Gasteiger partial charge in [0.2, 0.25) is 17.7 Å². The van der Waals surface area contributed by atoms with Crippen LogP contribution in [-0.4, -0.2) is 35.7 Å². The first-order valence-corrected chi connectivity index (χ1v) is 6.57. The van der Waals surface area contributed by atoms with Gasteiger partial charge in [0.05, 0.1) is 0 Å². The molecule has 6 nitrogen and oxygen atoms in total. The highest BCUT2D eigenvalue weighted by atomic mass is 79.9. The molecule has 0 heterocycles. The highest BCUT2D eigenvalue weighted by Crippen LogP contribution is 2.16. The smallest absolute Gasteiger partial charge is 0.247 e. The van der Waals surface area contributed by atoms with Gasteiger partial charge in [0.25, 0.3) is 0 Å². The van der Waals surface area contributed by atoms with Crippen molar-refractivity contribution in [2.24, 2.45) is 11.5 Å². The lowest BCUT2D eigenvalue weighted by molar-refractivity contribution is -0.134.